The summed E-state index contributed by atoms with van der Waals surface area (Å²) in [5.74, 6) is 0.311. The lowest BCUT2D eigenvalue weighted by Crippen LogP contribution is -2.45. The molecule has 0 saturated carbocycles. The summed E-state index contributed by atoms with van der Waals surface area (Å²) < 4.78 is 5.52. The van der Waals surface area contributed by atoms with Crippen LogP contribution >= 0.6 is 11.6 Å². The summed E-state index contributed by atoms with van der Waals surface area (Å²) in [6, 6.07) is 24.9. The zero-order chi connectivity index (χ0) is 35.7. The summed E-state index contributed by atoms with van der Waals surface area (Å²) in [7, 11) is 1.63. The minimum atomic E-state index is -0.985. The van der Waals surface area contributed by atoms with Crippen molar-refractivity contribution >= 4 is 35.3 Å². The number of anilines is 1. The Kier molecular flexibility index (Phi) is 11.8. The van der Waals surface area contributed by atoms with Crippen molar-refractivity contribution in [3.63, 3.8) is 0 Å². The van der Waals surface area contributed by atoms with E-state index in [0.29, 0.717) is 53.9 Å². The van der Waals surface area contributed by atoms with Gasteiger partial charge >= 0.3 is 5.97 Å². The number of hydrogen-bond acceptors (Lipinski definition) is 7. The van der Waals surface area contributed by atoms with Crippen molar-refractivity contribution in [3.8, 4) is 5.75 Å². The van der Waals surface area contributed by atoms with Crippen molar-refractivity contribution in [2.45, 2.75) is 57.5 Å². The third-order valence-corrected chi connectivity index (χ3v) is 10.2. The summed E-state index contributed by atoms with van der Waals surface area (Å²) in [6.07, 6.45) is 5.87. The molecule has 2 saturated heterocycles. The van der Waals surface area contributed by atoms with Crippen LogP contribution in [0.5, 0.6) is 5.75 Å². The summed E-state index contributed by atoms with van der Waals surface area (Å²) in [6.45, 7) is 2.28. The molecule has 11 heteroatoms. The first kappa shape index (κ1) is 35.9. The number of halogens is 1. The topological polar surface area (TPSA) is 116 Å². The lowest BCUT2D eigenvalue weighted by atomic mass is 9.98. The number of carbonyl (C=O) groups excluding carboxylic acids is 2. The van der Waals surface area contributed by atoms with Gasteiger partial charge in [0, 0.05) is 49.5 Å². The lowest BCUT2D eigenvalue weighted by Gasteiger charge is -2.30. The number of likely N-dealkylation sites (tertiary alicyclic amines) is 1. The number of nitrogens with zero attached hydrogens (tertiary/aromatic N) is 5. The van der Waals surface area contributed by atoms with Gasteiger partial charge in [-0.05, 0) is 60.9 Å². The molecule has 266 valence electrons. The van der Waals surface area contributed by atoms with E-state index in [9.17, 15) is 19.5 Å². The maximum atomic E-state index is 14.2. The molecule has 4 aromatic rings. The highest BCUT2D eigenvalue weighted by molar-refractivity contribution is 6.30. The number of hydrogen-bond donors (Lipinski definition) is 1. The van der Waals surface area contributed by atoms with E-state index in [1.807, 2.05) is 66.7 Å². The highest BCUT2D eigenvalue weighted by Gasteiger charge is 2.41. The minimum absolute atomic E-state index is 0.0262. The summed E-state index contributed by atoms with van der Waals surface area (Å²) in [4.78, 5) is 55.1. The van der Waals surface area contributed by atoms with Gasteiger partial charge in [-0.25, -0.2) is 9.97 Å². The fraction of sp³-hybridized carbons (Fsp3) is 0.375. The molecule has 2 fully saturated rings. The first-order valence-corrected chi connectivity index (χ1v) is 18.0. The lowest BCUT2D eigenvalue weighted by molar-refractivity contribution is -0.137. The molecule has 0 spiro atoms. The van der Waals surface area contributed by atoms with Crippen molar-refractivity contribution in [2.24, 2.45) is 5.92 Å². The van der Waals surface area contributed by atoms with E-state index >= 15 is 0 Å². The van der Waals surface area contributed by atoms with Gasteiger partial charge in [0.1, 0.15) is 5.75 Å². The highest BCUT2D eigenvalue weighted by Crippen LogP contribution is 2.33. The Balaban J connectivity index is 1.26. The molecular formula is C40H44ClN5O5. The molecule has 3 aromatic carbocycles. The number of carboxylic acids is 1. The maximum absolute atomic E-state index is 14.2. The van der Waals surface area contributed by atoms with Gasteiger partial charge in [0.25, 0.3) is 5.91 Å². The molecule has 2 aliphatic heterocycles. The van der Waals surface area contributed by atoms with Crippen molar-refractivity contribution in [2.75, 3.05) is 38.2 Å². The van der Waals surface area contributed by atoms with Gasteiger partial charge < -0.3 is 24.5 Å². The van der Waals surface area contributed by atoms with Gasteiger partial charge in [-0.2, -0.15) is 0 Å². The van der Waals surface area contributed by atoms with E-state index in [4.69, 9.17) is 26.3 Å². The number of ether oxygens (including phenoxy) is 1. The average Bonchev–Trinajstić information content (AvgIpc) is 3.46. The van der Waals surface area contributed by atoms with Gasteiger partial charge in [0.05, 0.1) is 37.3 Å². The van der Waals surface area contributed by atoms with Crippen LogP contribution in [0.2, 0.25) is 5.02 Å². The molecule has 51 heavy (non-hydrogen) atoms. The van der Waals surface area contributed by atoms with E-state index in [2.05, 4.69) is 9.80 Å². The molecule has 6 rings (SSSR count). The van der Waals surface area contributed by atoms with Gasteiger partial charge in [-0.1, -0.05) is 78.7 Å². The van der Waals surface area contributed by atoms with Crippen LogP contribution in [0.15, 0.2) is 85.1 Å². The van der Waals surface area contributed by atoms with Gasteiger partial charge in [0.15, 0.2) is 0 Å². The molecule has 0 aliphatic carbocycles. The number of amides is 2. The molecule has 3 heterocycles. The second-order valence-corrected chi connectivity index (χ2v) is 13.8. The maximum Gasteiger partial charge on any atom is 0.305 e. The number of rotatable bonds is 13. The molecule has 0 bridgehead atoms. The van der Waals surface area contributed by atoms with Crippen LogP contribution < -0.4 is 9.64 Å². The number of fused-ring (bicyclic) bond motifs is 1. The number of aromatic nitrogens is 2. The SMILES string of the molecule is COc1ccccc1CC(=O)N1CCCC[C@H]2CN(c3ncc(C(=O)N(CCC(=O)O)Cc4ccc(Cl)cc4)c(CCc4ccccc4)n3)C[C@@H]21. The van der Waals surface area contributed by atoms with Crippen LogP contribution in [0, 0.1) is 5.92 Å². The predicted octanol–water partition coefficient (Wildman–Crippen LogP) is 6.10. The Morgan fingerprint density at radius 2 is 1.71 bits per heavy atom. The molecule has 2 amide bonds. The Labute approximate surface area is 304 Å². The summed E-state index contributed by atoms with van der Waals surface area (Å²) >= 11 is 6.10. The van der Waals surface area contributed by atoms with Crippen molar-refractivity contribution in [1.29, 1.82) is 0 Å². The van der Waals surface area contributed by atoms with Crippen LogP contribution in [0.3, 0.4) is 0 Å². The number of carboxylic acid groups (broad SMARTS) is 1. The van der Waals surface area contributed by atoms with E-state index in [0.717, 1.165) is 42.5 Å². The number of aliphatic carboxylic acids is 1. The molecule has 2 atom stereocenters. The molecule has 0 unspecified atom stereocenters. The fourth-order valence-electron chi connectivity index (χ4n) is 7.23. The van der Waals surface area contributed by atoms with Crippen LogP contribution in [0.1, 0.15) is 58.4 Å². The average molecular weight is 710 g/mol. The summed E-state index contributed by atoms with van der Waals surface area (Å²) in [5.41, 5.74) is 3.80. The quantitative estimate of drug-likeness (QED) is 0.177. The van der Waals surface area contributed by atoms with Crippen molar-refractivity contribution in [3.05, 3.63) is 118 Å². The fourth-order valence-corrected chi connectivity index (χ4v) is 7.36. The van der Waals surface area contributed by atoms with Crippen molar-refractivity contribution < 1.29 is 24.2 Å². The standard InChI is InChI=1S/C40H44ClN5O5/c1-51-36-13-6-5-11-30(36)23-37(47)46-21-8-7-12-31-26-45(27-35(31)46)40-42-24-33(34(43-40)19-16-28-9-3-2-4-10-28)39(50)44(22-20-38(48)49)25-29-14-17-32(41)18-15-29/h2-6,9-11,13-15,17-18,24,31,35H,7-8,12,16,19-23,25-27H2,1H3,(H,48,49)/t31-,35-/m0/s1. The number of carbonyl (C=O) groups is 3. The zero-order valence-corrected chi connectivity index (χ0v) is 29.7. The second kappa shape index (κ2) is 16.8. The first-order valence-electron chi connectivity index (χ1n) is 17.6. The van der Waals surface area contributed by atoms with Crippen LogP contribution in [-0.4, -0.2) is 82.0 Å². The predicted molar refractivity (Wildman–Crippen MR) is 196 cm³/mol. The number of para-hydroxylation sites is 1. The Morgan fingerprint density at radius 3 is 2.47 bits per heavy atom. The Hall–Kier alpha value is -4.96. The van der Waals surface area contributed by atoms with Gasteiger partial charge in [-0.3, -0.25) is 14.4 Å². The first-order chi connectivity index (χ1) is 24.8. The monoisotopic (exact) mass is 709 g/mol. The highest BCUT2D eigenvalue weighted by atomic mass is 35.5. The van der Waals surface area contributed by atoms with Crippen LogP contribution in [0.4, 0.5) is 5.95 Å². The third-order valence-electron chi connectivity index (χ3n) is 9.92. The van der Waals surface area contributed by atoms with E-state index in [-0.39, 0.29) is 49.7 Å². The van der Waals surface area contributed by atoms with Crippen LogP contribution in [0.25, 0.3) is 0 Å². The number of methoxy groups -OCH3 is 1. The molecule has 10 nitrogen and oxygen atoms in total. The smallest absolute Gasteiger partial charge is 0.305 e. The Bertz CT molecular complexity index is 1820. The van der Waals surface area contributed by atoms with E-state index in [1.165, 1.54) is 0 Å². The largest absolute Gasteiger partial charge is 0.496 e. The van der Waals surface area contributed by atoms with Gasteiger partial charge in [-0.15, -0.1) is 0 Å². The van der Waals surface area contributed by atoms with Crippen LogP contribution in [-0.2, 0) is 35.4 Å². The molecule has 1 aromatic heterocycles. The Morgan fingerprint density at radius 1 is 0.941 bits per heavy atom. The number of aryl methyl sites for hydroxylation is 2. The summed E-state index contributed by atoms with van der Waals surface area (Å²) in [5, 5.41) is 10.1. The number of benzene rings is 3. The molecular weight excluding hydrogens is 666 g/mol. The van der Waals surface area contributed by atoms with E-state index < -0.39 is 5.97 Å². The minimum Gasteiger partial charge on any atom is -0.496 e. The molecule has 2 aliphatic rings. The third kappa shape index (κ3) is 9.05. The van der Waals surface area contributed by atoms with E-state index in [1.54, 1.807) is 30.3 Å². The molecule has 0 radical (unpaired) electrons. The van der Waals surface area contributed by atoms with Crippen molar-refractivity contribution in [1.82, 2.24) is 19.8 Å². The van der Waals surface area contributed by atoms with Gasteiger partial charge in [0.2, 0.25) is 11.9 Å². The molecule has 1 N–H and O–H groups in total. The second-order valence-electron chi connectivity index (χ2n) is 13.3. The zero-order valence-electron chi connectivity index (χ0n) is 28.9. The normalized spacial score (nSPS) is 17.1.